The normalized spacial score (nSPS) is 21.5. The number of benzene rings is 1. The van der Waals surface area contributed by atoms with E-state index < -0.39 is 11.4 Å². The Kier molecular flexibility index (Phi) is 7.36. The molecule has 2 atom stereocenters. The molecular formula is C24H39N3OS. The molecule has 1 aromatic carbocycles. The molecule has 0 aromatic heterocycles. The number of anilines is 1. The molecule has 0 amide bonds. The monoisotopic (exact) mass is 417 g/mol. The van der Waals surface area contributed by atoms with Crippen molar-refractivity contribution < 1.29 is 4.55 Å². The number of piperidine rings is 1. The molecule has 0 bridgehead atoms. The third kappa shape index (κ3) is 6.24. The summed E-state index contributed by atoms with van der Waals surface area (Å²) < 4.78 is 15.7. The van der Waals surface area contributed by atoms with Crippen LogP contribution in [-0.4, -0.2) is 47.4 Å². The Morgan fingerprint density at radius 2 is 1.86 bits per heavy atom. The minimum atomic E-state index is -1.09. The van der Waals surface area contributed by atoms with Gasteiger partial charge in [-0.15, -0.1) is 4.72 Å². The van der Waals surface area contributed by atoms with Crippen LogP contribution in [-0.2, 0) is 11.4 Å². The van der Waals surface area contributed by atoms with E-state index in [0.29, 0.717) is 6.04 Å². The van der Waals surface area contributed by atoms with Gasteiger partial charge in [-0.1, -0.05) is 18.2 Å². The molecule has 1 N–H and O–H groups in total. The topological polar surface area (TPSA) is 41.6 Å². The summed E-state index contributed by atoms with van der Waals surface area (Å²) in [5.41, 5.74) is 3.75. The van der Waals surface area contributed by atoms with Crippen molar-refractivity contribution in [1.29, 1.82) is 0 Å². The second-order valence-electron chi connectivity index (χ2n) is 9.88. The van der Waals surface area contributed by atoms with Gasteiger partial charge in [0.05, 0.1) is 6.04 Å². The fourth-order valence-electron chi connectivity index (χ4n) is 3.84. The minimum Gasteiger partial charge on any atom is -0.598 e. The largest absolute Gasteiger partial charge is 0.598 e. The standard InChI is InChI=1S/C24H39N3OS/c1-18(25-29(28)24(2,3)4)23-12-11-22(17-20(23)10-9-19-7-8-19)27(6)21-13-15-26(5)16-14-21/h9-12,17-19,21,25H,7-8,13-16H2,1-6H3/b10-9+/t18-,29+/m0/s1. The van der Waals surface area contributed by atoms with Crippen molar-refractivity contribution in [2.45, 2.75) is 70.2 Å². The van der Waals surface area contributed by atoms with E-state index in [4.69, 9.17) is 0 Å². The smallest absolute Gasteiger partial charge is 0.136 e. The Labute approximate surface area is 181 Å². The molecule has 0 unspecified atom stereocenters. The third-order valence-corrected chi connectivity index (χ3v) is 7.87. The zero-order valence-corrected chi connectivity index (χ0v) is 19.9. The van der Waals surface area contributed by atoms with Gasteiger partial charge in [-0.25, -0.2) is 0 Å². The van der Waals surface area contributed by atoms with Crippen LogP contribution in [0, 0.1) is 5.92 Å². The van der Waals surface area contributed by atoms with Crippen molar-refractivity contribution in [3.63, 3.8) is 0 Å². The molecule has 1 aromatic rings. The average molecular weight is 418 g/mol. The Balaban J connectivity index is 1.81. The van der Waals surface area contributed by atoms with Crippen molar-refractivity contribution in [3.8, 4) is 0 Å². The van der Waals surface area contributed by atoms with Crippen LogP contribution in [0.2, 0.25) is 0 Å². The first kappa shape index (κ1) is 22.7. The molecule has 0 radical (unpaired) electrons. The number of allylic oxidation sites excluding steroid dienone is 1. The molecule has 1 aliphatic heterocycles. The van der Waals surface area contributed by atoms with Crippen LogP contribution in [0.4, 0.5) is 5.69 Å². The maximum Gasteiger partial charge on any atom is 0.136 e. The summed E-state index contributed by atoms with van der Waals surface area (Å²) >= 11 is -1.09. The van der Waals surface area contributed by atoms with Gasteiger partial charge in [-0.05, 0) is 103 Å². The summed E-state index contributed by atoms with van der Waals surface area (Å²) in [7, 11) is 4.44. The Morgan fingerprint density at radius 3 is 2.45 bits per heavy atom. The number of hydrogen-bond donors (Lipinski definition) is 1. The fraction of sp³-hybridized carbons (Fsp3) is 0.667. The molecule has 1 saturated carbocycles. The SMILES string of the molecule is C[C@H](N[S@+]([O-])C(C)(C)C)c1ccc(N(C)C2CCN(C)CC2)cc1/C=C/C1CC1. The summed E-state index contributed by atoms with van der Waals surface area (Å²) in [4.78, 5) is 4.87. The van der Waals surface area contributed by atoms with E-state index >= 15 is 0 Å². The number of rotatable bonds is 7. The average Bonchev–Trinajstić information content (AvgIpc) is 3.50. The van der Waals surface area contributed by atoms with Crippen molar-refractivity contribution in [2.24, 2.45) is 5.92 Å². The molecule has 1 heterocycles. The van der Waals surface area contributed by atoms with Crippen LogP contribution < -0.4 is 9.62 Å². The summed E-state index contributed by atoms with van der Waals surface area (Å²) in [5, 5.41) is 0. The number of hydrogen-bond acceptors (Lipinski definition) is 4. The Hall–Kier alpha value is -1.01. The predicted molar refractivity (Wildman–Crippen MR) is 127 cm³/mol. The van der Waals surface area contributed by atoms with Crippen LogP contribution >= 0.6 is 0 Å². The van der Waals surface area contributed by atoms with E-state index in [9.17, 15) is 4.55 Å². The molecule has 2 aliphatic rings. The van der Waals surface area contributed by atoms with Gasteiger partial charge >= 0.3 is 0 Å². The lowest BCUT2D eigenvalue weighted by molar-refractivity contribution is 0.253. The van der Waals surface area contributed by atoms with Crippen molar-refractivity contribution >= 4 is 23.1 Å². The highest BCUT2D eigenvalue weighted by molar-refractivity contribution is 7.90. The minimum absolute atomic E-state index is 0.0385. The van der Waals surface area contributed by atoms with Crippen molar-refractivity contribution in [3.05, 3.63) is 35.4 Å². The van der Waals surface area contributed by atoms with Gasteiger partial charge in [0.15, 0.2) is 0 Å². The quantitative estimate of drug-likeness (QED) is 0.650. The highest BCUT2D eigenvalue weighted by Gasteiger charge is 2.29. The van der Waals surface area contributed by atoms with Crippen LogP contribution in [0.1, 0.15) is 70.5 Å². The van der Waals surface area contributed by atoms with E-state index in [1.807, 2.05) is 20.8 Å². The van der Waals surface area contributed by atoms with Crippen LogP contribution in [0.3, 0.4) is 0 Å². The summed E-state index contributed by atoms with van der Waals surface area (Å²) in [6, 6.07) is 7.42. The number of nitrogens with one attached hydrogen (secondary N) is 1. The van der Waals surface area contributed by atoms with Gasteiger partial charge in [0, 0.05) is 30.1 Å². The lowest BCUT2D eigenvalue weighted by Crippen LogP contribution is -2.42. The predicted octanol–water partition coefficient (Wildman–Crippen LogP) is 4.75. The molecule has 29 heavy (non-hydrogen) atoms. The van der Waals surface area contributed by atoms with Gasteiger partial charge in [-0.3, -0.25) is 0 Å². The zero-order chi connectivity index (χ0) is 21.2. The van der Waals surface area contributed by atoms with E-state index in [-0.39, 0.29) is 10.8 Å². The maximum atomic E-state index is 12.6. The van der Waals surface area contributed by atoms with E-state index in [1.54, 1.807) is 0 Å². The molecule has 2 fully saturated rings. The Bertz CT molecular complexity index is 703. The van der Waals surface area contributed by atoms with Gasteiger partial charge in [0.25, 0.3) is 0 Å². The van der Waals surface area contributed by atoms with Crippen LogP contribution in [0.15, 0.2) is 24.3 Å². The number of likely N-dealkylation sites (tertiary alicyclic amines) is 1. The highest BCUT2D eigenvalue weighted by atomic mass is 32.2. The van der Waals surface area contributed by atoms with Crippen molar-refractivity contribution in [2.75, 3.05) is 32.1 Å². The molecule has 4 nitrogen and oxygen atoms in total. The van der Waals surface area contributed by atoms with Gasteiger partial charge < -0.3 is 14.4 Å². The first-order valence-corrected chi connectivity index (χ1v) is 12.2. The summed E-state index contributed by atoms with van der Waals surface area (Å²) in [6.07, 6.45) is 9.68. The number of nitrogens with zero attached hydrogens (tertiary/aromatic N) is 2. The summed E-state index contributed by atoms with van der Waals surface area (Å²) in [6.45, 7) is 10.5. The van der Waals surface area contributed by atoms with Gasteiger partial charge in [0.2, 0.25) is 0 Å². The lowest BCUT2D eigenvalue weighted by Gasteiger charge is -2.36. The molecule has 3 rings (SSSR count). The van der Waals surface area contributed by atoms with E-state index in [0.717, 1.165) is 5.92 Å². The third-order valence-electron chi connectivity index (χ3n) is 6.19. The molecule has 162 valence electrons. The lowest BCUT2D eigenvalue weighted by atomic mass is 9.98. The van der Waals surface area contributed by atoms with Gasteiger partial charge in [0.1, 0.15) is 4.75 Å². The van der Waals surface area contributed by atoms with Crippen LogP contribution in [0.25, 0.3) is 6.08 Å². The maximum absolute atomic E-state index is 12.6. The van der Waals surface area contributed by atoms with E-state index in [1.165, 1.54) is 55.6 Å². The summed E-state index contributed by atoms with van der Waals surface area (Å²) in [5.74, 6) is 0.741. The van der Waals surface area contributed by atoms with Crippen LogP contribution in [0.5, 0.6) is 0 Å². The first-order valence-electron chi connectivity index (χ1n) is 11.1. The molecule has 5 heteroatoms. The van der Waals surface area contributed by atoms with Crippen molar-refractivity contribution in [1.82, 2.24) is 9.62 Å². The molecule has 1 saturated heterocycles. The molecule has 0 spiro atoms. The first-order chi connectivity index (χ1) is 13.6. The highest BCUT2D eigenvalue weighted by Crippen LogP contribution is 2.33. The Morgan fingerprint density at radius 1 is 1.21 bits per heavy atom. The zero-order valence-electron chi connectivity index (χ0n) is 19.1. The second-order valence-corrected chi connectivity index (χ2v) is 11.9. The molecular weight excluding hydrogens is 378 g/mol. The van der Waals surface area contributed by atoms with E-state index in [2.05, 4.69) is 65.9 Å². The molecule has 1 aliphatic carbocycles. The van der Waals surface area contributed by atoms with Gasteiger partial charge in [-0.2, -0.15) is 0 Å². The second kappa shape index (κ2) is 9.42. The fourth-order valence-corrected chi connectivity index (χ4v) is 4.64.